The van der Waals surface area contributed by atoms with Gasteiger partial charge in [0, 0.05) is 37.9 Å². The van der Waals surface area contributed by atoms with Crippen LogP contribution in [0.3, 0.4) is 0 Å². The van der Waals surface area contributed by atoms with Crippen LogP contribution in [0.4, 0.5) is 0 Å². The second-order valence-corrected chi connectivity index (χ2v) is 9.38. The molecule has 0 atom stereocenters. The summed E-state index contributed by atoms with van der Waals surface area (Å²) in [5.74, 6) is 3.26. The molecule has 0 saturated heterocycles. The van der Waals surface area contributed by atoms with E-state index in [0.29, 0.717) is 30.7 Å². The van der Waals surface area contributed by atoms with Gasteiger partial charge in [0.25, 0.3) is 0 Å². The van der Waals surface area contributed by atoms with Gasteiger partial charge in [0.05, 0.1) is 0 Å². The highest BCUT2D eigenvalue weighted by Gasteiger charge is 2.54. The smallest absolute Gasteiger partial charge is 0.226 e. The van der Waals surface area contributed by atoms with Crippen molar-refractivity contribution < 1.29 is 9.59 Å². The fraction of sp³-hybridized carbons (Fsp3) is 0.800. The largest absolute Gasteiger partial charge is 0.356 e. The Labute approximate surface area is 171 Å². The maximum Gasteiger partial charge on any atom is 0.226 e. The Kier molecular flexibility index (Phi) is 5.58. The second-order valence-electron chi connectivity index (χ2n) is 8.99. The van der Waals surface area contributed by atoms with Crippen LogP contribution in [0.1, 0.15) is 57.7 Å². The highest BCUT2D eigenvalue weighted by atomic mass is 32.1. The van der Waals surface area contributed by atoms with Crippen LogP contribution in [0.5, 0.6) is 0 Å². The third-order valence-electron chi connectivity index (χ3n) is 6.98. The zero-order valence-corrected chi connectivity index (χ0v) is 17.4. The molecule has 1 aromatic heterocycles. The first-order chi connectivity index (χ1) is 13.5. The van der Waals surface area contributed by atoms with Crippen LogP contribution in [-0.4, -0.2) is 39.7 Å². The summed E-state index contributed by atoms with van der Waals surface area (Å²) in [7, 11) is 0. The molecule has 0 aliphatic heterocycles. The lowest BCUT2D eigenvalue weighted by Crippen LogP contribution is -2.53. The fourth-order valence-electron chi connectivity index (χ4n) is 6.14. The van der Waals surface area contributed by atoms with Gasteiger partial charge < -0.3 is 15.2 Å². The molecule has 2 amide bonds. The Balaban J connectivity index is 1.18. The summed E-state index contributed by atoms with van der Waals surface area (Å²) < 4.78 is 2.53. The summed E-state index contributed by atoms with van der Waals surface area (Å²) in [4.78, 5) is 25.0. The van der Waals surface area contributed by atoms with Gasteiger partial charge in [-0.15, -0.1) is 0 Å². The van der Waals surface area contributed by atoms with Gasteiger partial charge in [0.2, 0.25) is 11.8 Å². The van der Waals surface area contributed by atoms with Crippen molar-refractivity contribution >= 4 is 24.0 Å². The molecule has 4 aliphatic carbocycles. The van der Waals surface area contributed by atoms with Gasteiger partial charge in [-0.05, 0) is 75.4 Å². The first kappa shape index (κ1) is 19.6. The van der Waals surface area contributed by atoms with E-state index < -0.39 is 0 Å². The number of H-pyrrole nitrogens is 1. The van der Waals surface area contributed by atoms with E-state index in [0.717, 1.165) is 49.4 Å². The van der Waals surface area contributed by atoms with Crippen molar-refractivity contribution in [2.45, 2.75) is 64.8 Å². The molecule has 4 bridgehead atoms. The van der Waals surface area contributed by atoms with Gasteiger partial charge in [-0.3, -0.25) is 14.7 Å². The van der Waals surface area contributed by atoms with Crippen LogP contribution in [0.15, 0.2) is 0 Å². The van der Waals surface area contributed by atoms with Crippen LogP contribution in [-0.2, 0) is 22.6 Å². The molecule has 0 aromatic carbocycles. The number of carbonyl (C=O) groups is 2. The highest BCUT2D eigenvalue weighted by molar-refractivity contribution is 7.71. The van der Waals surface area contributed by atoms with Crippen LogP contribution in [0.2, 0.25) is 0 Å². The minimum absolute atomic E-state index is 0.0389. The number of hydrogen-bond acceptors (Lipinski definition) is 4. The molecule has 1 heterocycles. The Morgan fingerprint density at radius 1 is 1.14 bits per heavy atom. The van der Waals surface area contributed by atoms with Crippen molar-refractivity contribution in [1.29, 1.82) is 0 Å². The molecule has 5 rings (SSSR count). The zero-order valence-electron chi connectivity index (χ0n) is 16.6. The van der Waals surface area contributed by atoms with E-state index in [-0.39, 0.29) is 17.2 Å². The molecule has 154 valence electrons. The molecule has 4 aliphatic rings. The van der Waals surface area contributed by atoms with E-state index in [1.165, 1.54) is 19.3 Å². The van der Waals surface area contributed by atoms with E-state index in [1.807, 2.05) is 11.5 Å². The molecule has 4 saturated carbocycles. The zero-order chi connectivity index (χ0) is 19.7. The topological polar surface area (TPSA) is 91.8 Å². The highest BCUT2D eigenvalue weighted by Crippen LogP contribution is 2.60. The van der Waals surface area contributed by atoms with Gasteiger partial charge in [0.1, 0.15) is 5.82 Å². The van der Waals surface area contributed by atoms with Crippen molar-refractivity contribution in [1.82, 2.24) is 25.4 Å². The van der Waals surface area contributed by atoms with Crippen LogP contribution < -0.4 is 10.6 Å². The van der Waals surface area contributed by atoms with Gasteiger partial charge in [0.15, 0.2) is 4.77 Å². The maximum atomic E-state index is 12.9. The Morgan fingerprint density at radius 3 is 2.39 bits per heavy atom. The molecule has 4 fully saturated rings. The Morgan fingerprint density at radius 2 is 1.79 bits per heavy atom. The van der Waals surface area contributed by atoms with Gasteiger partial charge in [-0.25, -0.2) is 0 Å². The van der Waals surface area contributed by atoms with E-state index in [1.54, 1.807) is 0 Å². The Bertz CT molecular complexity index is 763. The average molecular weight is 406 g/mol. The standard InChI is InChI=1S/C20H31N5O2S/c1-2-25-16(23-24-19(25)28)3-5-21-17(26)4-6-22-18(27)20-10-13-7-14(11-20)9-15(8-13)12-20/h13-15H,2-12H2,1H3,(H,21,26)(H,22,27)(H,24,28). The number of nitrogens with zero attached hydrogens (tertiary/aromatic N) is 2. The molecular weight excluding hydrogens is 374 g/mol. The number of aromatic nitrogens is 3. The fourth-order valence-corrected chi connectivity index (χ4v) is 6.42. The predicted octanol–water partition coefficient (Wildman–Crippen LogP) is 2.34. The van der Waals surface area contributed by atoms with E-state index in [4.69, 9.17) is 12.2 Å². The van der Waals surface area contributed by atoms with Crippen molar-refractivity contribution in [2.24, 2.45) is 23.2 Å². The van der Waals surface area contributed by atoms with Crippen molar-refractivity contribution in [3.63, 3.8) is 0 Å². The van der Waals surface area contributed by atoms with E-state index >= 15 is 0 Å². The number of nitrogens with one attached hydrogen (secondary N) is 3. The molecule has 7 nitrogen and oxygen atoms in total. The summed E-state index contributed by atoms with van der Waals surface area (Å²) in [5.41, 5.74) is -0.138. The summed E-state index contributed by atoms with van der Waals surface area (Å²) >= 11 is 5.17. The number of hydrogen-bond donors (Lipinski definition) is 3. The summed E-state index contributed by atoms with van der Waals surface area (Å²) in [5, 5.41) is 13.0. The number of rotatable bonds is 8. The number of amides is 2. The number of aromatic amines is 1. The first-order valence-electron chi connectivity index (χ1n) is 10.7. The summed E-state index contributed by atoms with van der Waals surface area (Å²) in [6.45, 7) is 3.70. The molecule has 1 aromatic rings. The first-order valence-corrected chi connectivity index (χ1v) is 11.1. The average Bonchev–Trinajstić information content (AvgIpc) is 3.00. The lowest BCUT2D eigenvalue weighted by atomic mass is 9.49. The van der Waals surface area contributed by atoms with Crippen molar-refractivity contribution in [3.8, 4) is 0 Å². The third kappa shape index (κ3) is 3.88. The third-order valence-corrected chi connectivity index (χ3v) is 7.29. The van der Waals surface area contributed by atoms with Gasteiger partial charge in [-0.2, -0.15) is 5.10 Å². The molecule has 28 heavy (non-hydrogen) atoms. The predicted molar refractivity (Wildman–Crippen MR) is 108 cm³/mol. The van der Waals surface area contributed by atoms with Crippen LogP contribution in [0.25, 0.3) is 0 Å². The summed E-state index contributed by atoms with van der Waals surface area (Å²) in [6, 6.07) is 0. The molecule has 0 unspecified atom stereocenters. The lowest BCUT2D eigenvalue weighted by Gasteiger charge is -2.55. The minimum atomic E-state index is -0.138. The molecular formula is C20H31N5O2S. The van der Waals surface area contributed by atoms with Crippen molar-refractivity contribution in [3.05, 3.63) is 10.6 Å². The van der Waals surface area contributed by atoms with Gasteiger partial charge in [-0.1, -0.05) is 0 Å². The van der Waals surface area contributed by atoms with Crippen LogP contribution in [0, 0.1) is 27.9 Å². The maximum absolute atomic E-state index is 12.9. The van der Waals surface area contributed by atoms with E-state index in [9.17, 15) is 9.59 Å². The molecule has 3 N–H and O–H groups in total. The monoisotopic (exact) mass is 405 g/mol. The van der Waals surface area contributed by atoms with Crippen LogP contribution >= 0.6 is 12.2 Å². The van der Waals surface area contributed by atoms with E-state index in [2.05, 4.69) is 20.8 Å². The molecule has 8 heteroatoms. The Hall–Kier alpha value is -1.70. The summed E-state index contributed by atoms with van der Waals surface area (Å²) in [6.07, 6.45) is 8.11. The normalized spacial score (nSPS) is 30.4. The SMILES string of the molecule is CCn1c(CCNC(=O)CCNC(=O)C23CC4CC(CC(C4)C2)C3)n[nH]c1=S. The lowest BCUT2D eigenvalue weighted by molar-refractivity contribution is -0.146. The quantitative estimate of drug-likeness (QED) is 0.579. The molecule has 0 spiro atoms. The van der Waals surface area contributed by atoms with Gasteiger partial charge >= 0.3 is 0 Å². The second kappa shape index (κ2) is 7.97. The number of carbonyl (C=O) groups excluding carboxylic acids is 2. The van der Waals surface area contributed by atoms with Crippen molar-refractivity contribution in [2.75, 3.05) is 13.1 Å². The minimum Gasteiger partial charge on any atom is -0.356 e. The molecule has 0 radical (unpaired) electrons.